The van der Waals surface area contributed by atoms with E-state index in [0.29, 0.717) is 18.4 Å². The molecule has 202 valence electrons. The van der Waals surface area contributed by atoms with Crippen molar-refractivity contribution in [2.75, 3.05) is 13.7 Å². The van der Waals surface area contributed by atoms with Crippen LogP contribution in [0.25, 0.3) is 0 Å². The SMILES string of the molecule is CCCCC(=O)Oc1ccc(C[C@](N)(CCOC(=O)CC(C)C)C(=O)OC)cc1OC(=O)CCCC. The second-order valence-corrected chi connectivity index (χ2v) is 9.33. The summed E-state index contributed by atoms with van der Waals surface area (Å²) in [6.45, 7) is 7.68. The van der Waals surface area contributed by atoms with Crippen LogP contribution in [0.15, 0.2) is 18.2 Å². The first-order chi connectivity index (χ1) is 17.0. The van der Waals surface area contributed by atoms with Crippen LogP contribution in [0.4, 0.5) is 0 Å². The molecular formula is C27H41NO8. The summed E-state index contributed by atoms with van der Waals surface area (Å²) in [4.78, 5) is 48.9. The molecule has 0 saturated carbocycles. The normalized spacial score (nSPS) is 12.5. The van der Waals surface area contributed by atoms with Crippen molar-refractivity contribution in [2.45, 2.75) is 91.0 Å². The summed E-state index contributed by atoms with van der Waals surface area (Å²) < 4.78 is 21.1. The van der Waals surface area contributed by atoms with Gasteiger partial charge < -0.3 is 24.7 Å². The van der Waals surface area contributed by atoms with Crippen LogP contribution in [-0.4, -0.2) is 43.1 Å². The number of hydrogen-bond acceptors (Lipinski definition) is 9. The van der Waals surface area contributed by atoms with Crippen LogP contribution in [0, 0.1) is 5.92 Å². The van der Waals surface area contributed by atoms with E-state index in [2.05, 4.69) is 0 Å². The maximum atomic E-state index is 12.5. The van der Waals surface area contributed by atoms with E-state index < -0.39 is 23.4 Å². The fourth-order valence-electron chi connectivity index (χ4n) is 3.39. The van der Waals surface area contributed by atoms with Crippen LogP contribution in [0.2, 0.25) is 0 Å². The molecule has 9 nitrogen and oxygen atoms in total. The summed E-state index contributed by atoms with van der Waals surface area (Å²) in [5, 5.41) is 0. The molecular weight excluding hydrogens is 466 g/mol. The van der Waals surface area contributed by atoms with Crippen LogP contribution in [0.3, 0.4) is 0 Å². The molecule has 1 rings (SSSR count). The predicted molar refractivity (Wildman–Crippen MR) is 134 cm³/mol. The molecule has 0 heterocycles. The molecule has 0 radical (unpaired) electrons. The predicted octanol–water partition coefficient (Wildman–Crippen LogP) is 4.27. The summed E-state index contributed by atoms with van der Waals surface area (Å²) in [5.41, 5.74) is 5.47. The Bertz CT molecular complexity index is 883. The average molecular weight is 508 g/mol. The lowest BCUT2D eigenvalue weighted by atomic mass is 9.88. The van der Waals surface area contributed by atoms with Gasteiger partial charge in [0.1, 0.15) is 5.54 Å². The van der Waals surface area contributed by atoms with Gasteiger partial charge in [-0.2, -0.15) is 0 Å². The standard InChI is InChI=1S/C27H41NO8/c1-6-8-10-23(29)35-21-13-12-20(17-22(21)36-24(30)11-9-7-2)18-27(28,26(32)33-5)14-15-34-25(31)16-19(3)4/h12-13,17,19H,6-11,14-16,18,28H2,1-5H3/t27-/m1/s1. The van der Waals surface area contributed by atoms with E-state index in [0.717, 1.165) is 12.8 Å². The summed E-state index contributed by atoms with van der Waals surface area (Å²) in [6.07, 6.45) is 3.78. The van der Waals surface area contributed by atoms with E-state index in [1.54, 1.807) is 6.07 Å². The second-order valence-electron chi connectivity index (χ2n) is 9.33. The lowest BCUT2D eigenvalue weighted by Gasteiger charge is -2.27. The third-order valence-electron chi connectivity index (χ3n) is 5.42. The van der Waals surface area contributed by atoms with E-state index in [1.807, 2.05) is 27.7 Å². The Labute approximate surface area is 214 Å². The highest BCUT2D eigenvalue weighted by Crippen LogP contribution is 2.31. The number of rotatable bonds is 16. The highest BCUT2D eigenvalue weighted by Gasteiger charge is 2.36. The van der Waals surface area contributed by atoms with Crippen molar-refractivity contribution < 1.29 is 38.1 Å². The Balaban J connectivity index is 3.11. The van der Waals surface area contributed by atoms with Crippen molar-refractivity contribution >= 4 is 23.9 Å². The van der Waals surface area contributed by atoms with Crippen molar-refractivity contribution in [3.8, 4) is 11.5 Å². The van der Waals surface area contributed by atoms with E-state index in [4.69, 9.17) is 24.7 Å². The van der Waals surface area contributed by atoms with Crippen molar-refractivity contribution in [1.82, 2.24) is 0 Å². The van der Waals surface area contributed by atoms with Crippen molar-refractivity contribution in [2.24, 2.45) is 11.7 Å². The molecule has 0 unspecified atom stereocenters. The Morgan fingerprint density at radius 3 is 2.03 bits per heavy atom. The summed E-state index contributed by atoms with van der Waals surface area (Å²) in [7, 11) is 1.23. The molecule has 0 fully saturated rings. The Kier molecular flexibility index (Phi) is 13.8. The van der Waals surface area contributed by atoms with Gasteiger partial charge in [0, 0.05) is 32.1 Å². The van der Waals surface area contributed by atoms with Crippen molar-refractivity contribution in [3.63, 3.8) is 0 Å². The van der Waals surface area contributed by atoms with Gasteiger partial charge in [0.25, 0.3) is 0 Å². The number of carbonyl (C=O) groups is 4. The minimum absolute atomic E-state index is 0.0188. The number of nitrogens with two attached hydrogens (primary N) is 1. The molecule has 0 aliphatic heterocycles. The lowest BCUT2D eigenvalue weighted by molar-refractivity contribution is -0.151. The first-order valence-electron chi connectivity index (χ1n) is 12.6. The van der Waals surface area contributed by atoms with E-state index >= 15 is 0 Å². The van der Waals surface area contributed by atoms with Gasteiger partial charge in [-0.05, 0) is 36.5 Å². The largest absolute Gasteiger partial charge is 0.468 e. The first-order valence-corrected chi connectivity index (χ1v) is 12.6. The molecule has 1 aromatic rings. The van der Waals surface area contributed by atoms with Gasteiger partial charge in [0.05, 0.1) is 13.7 Å². The summed E-state index contributed by atoms with van der Waals surface area (Å²) in [5.74, 6) is -1.58. The van der Waals surface area contributed by atoms with Gasteiger partial charge >= 0.3 is 23.9 Å². The quantitative estimate of drug-likeness (QED) is 0.257. The number of carbonyl (C=O) groups excluding carboxylic acids is 4. The van der Waals surface area contributed by atoms with Crippen molar-refractivity contribution in [3.05, 3.63) is 23.8 Å². The number of benzene rings is 1. The topological polar surface area (TPSA) is 131 Å². The average Bonchev–Trinajstić information content (AvgIpc) is 2.81. The van der Waals surface area contributed by atoms with E-state index in [-0.39, 0.29) is 62.1 Å². The van der Waals surface area contributed by atoms with Crippen LogP contribution in [0.1, 0.15) is 84.6 Å². The van der Waals surface area contributed by atoms with E-state index in [9.17, 15) is 19.2 Å². The smallest absolute Gasteiger partial charge is 0.326 e. The minimum atomic E-state index is -1.49. The summed E-state index contributed by atoms with van der Waals surface area (Å²) in [6, 6.07) is 4.69. The van der Waals surface area contributed by atoms with Gasteiger partial charge in [0.2, 0.25) is 0 Å². The van der Waals surface area contributed by atoms with E-state index in [1.165, 1.54) is 19.2 Å². The molecule has 0 amide bonds. The number of unbranched alkanes of at least 4 members (excludes halogenated alkanes) is 2. The van der Waals surface area contributed by atoms with Gasteiger partial charge in [-0.25, -0.2) is 0 Å². The Hall–Kier alpha value is -2.94. The molecule has 0 aromatic heterocycles. The monoisotopic (exact) mass is 507 g/mol. The zero-order valence-corrected chi connectivity index (χ0v) is 22.2. The number of ether oxygens (including phenoxy) is 4. The zero-order chi connectivity index (χ0) is 27.1. The maximum Gasteiger partial charge on any atom is 0.326 e. The highest BCUT2D eigenvalue weighted by atomic mass is 16.6. The fraction of sp³-hybridized carbons (Fsp3) is 0.630. The van der Waals surface area contributed by atoms with Gasteiger partial charge in [-0.1, -0.05) is 46.6 Å². The number of methoxy groups -OCH3 is 1. The second kappa shape index (κ2) is 15.9. The molecule has 1 aromatic carbocycles. The van der Waals surface area contributed by atoms with Crippen LogP contribution in [0.5, 0.6) is 11.5 Å². The zero-order valence-electron chi connectivity index (χ0n) is 22.2. The van der Waals surface area contributed by atoms with Crippen LogP contribution < -0.4 is 15.2 Å². The Morgan fingerprint density at radius 2 is 1.50 bits per heavy atom. The molecule has 0 bridgehead atoms. The molecule has 0 aliphatic carbocycles. The van der Waals surface area contributed by atoms with Gasteiger partial charge in [-0.15, -0.1) is 0 Å². The first kappa shape index (κ1) is 31.1. The maximum absolute atomic E-state index is 12.5. The minimum Gasteiger partial charge on any atom is -0.468 e. The van der Waals surface area contributed by atoms with Crippen molar-refractivity contribution in [1.29, 1.82) is 0 Å². The fourth-order valence-corrected chi connectivity index (χ4v) is 3.39. The van der Waals surface area contributed by atoms with Crippen LogP contribution in [-0.2, 0) is 35.1 Å². The molecule has 0 spiro atoms. The third-order valence-corrected chi connectivity index (χ3v) is 5.42. The molecule has 9 heteroatoms. The number of hydrogen-bond donors (Lipinski definition) is 1. The van der Waals surface area contributed by atoms with Gasteiger partial charge in [-0.3, -0.25) is 19.2 Å². The molecule has 2 N–H and O–H groups in total. The Morgan fingerprint density at radius 1 is 0.917 bits per heavy atom. The number of esters is 4. The van der Waals surface area contributed by atoms with Gasteiger partial charge in [0.15, 0.2) is 11.5 Å². The molecule has 36 heavy (non-hydrogen) atoms. The lowest BCUT2D eigenvalue weighted by Crippen LogP contribution is -2.51. The highest BCUT2D eigenvalue weighted by molar-refractivity contribution is 5.81. The molecule has 1 atom stereocenters. The van der Waals surface area contributed by atoms with Crippen LogP contribution >= 0.6 is 0 Å². The third kappa shape index (κ3) is 11.2. The summed E-state index contributed by atoms with van der Waals surface area (Å²) >= 11 is 0. The molecule has 0 aliphatic rings. The molecule has 0 saturated heterocycles.